The Morgan fingerprint density at radius 2 is 2.00 bits per heavy atom. The summed E-state index contributed by atoms with van der Waals surface area (Å²) in [7, 11) is 1.76. The average molecular weight is 264 g/mol. The molecule has 1 aliphatic heterocycles. The molecule has 1 aromatic carbocycles. The molecule has 1 amide bonds. The van der Waals surface area contributed by atoms with E-state index in [1.807, 2.05) is 18.7 Å². The number of anilines is 1. The SMILES string of the molecule is CN1CCN(c2ccc(F)cc2C=O)C(C)(C)C1=O. The molecule has 102 valence electrons. The van der Waals surface area contributed by atoms with Crippen LogP contribution in [0.25, 0.3) is 0 Å². The lowest BCUT2D eigenvalue weighted by Gasteiger charge is -2.46. The van der Waals surface area contributed by atoms with Crippen LogP contribution in [0.4, 0.5) is 10.1 Å². The second kappa shape index (κ2) is 4.64. The third-order valence-corrected chi connectivity index (χ3v) is 3.61. The van der Waals surface area contributed by atoms with Crippen LogP contribution in [0, 0.1) is 5.82 Å². The van der Waals surface area contributed by atoms with E-state index in [4.69, 9.17) is 0 Å². The summed E-state index contributed by atoms with van der Waals surface area (Å²) < 4.78 is 13.2. The molecule has 0 spiro atoms. The minimum atomic E-state index is -0.747. The molecular weight excluding hydrogens is 247 g/mol. The summed E-state index contributed by atoms with van der Waals surface area (Å²) in [5, 5.41) is 0. The van der Waals surface area contributed by atoms with E-state index >= 15 is 0 Å². The highest BCUT2D eigenvalue weighted by molar-refractivity contribution is 5.93. The molecule has 0 aromatic heterocycles. The molecule has 0 aliphatic carbocycles. The average Bonchev–Trinajstić information content (AvgIpc) is 2.37. The molecule has 1 aromatic rings. The highest BCUT2D eigenvalue weighted by Crippen LogP contribution is 2.30. The molecule has 1 heterocycles. The van der Waals surface area contributed by atoms with Crippen LogP contribution in [0.2, 0.25) is 0 Å². The van der Waals surface area contributed by atoms with Crippen LogP contribution in [0.3, 0.4) is 0 Å². The smallest absolute Gasteiger partial charge is 0.247 e. The molecule has 19 heavy (non-hydrogen) atoms. The van der Waals surface area contributed by atoms with Crippen molar-refractivity contribution in [2.45, 2.75) is 19.4 Å². The first-order valence-corrected chi connectivity index (χ1v) is 6.16. The minimum Gasteiger partial charge on any atom is -0.355 e. The van der Waals surface area contributed by atoms with E-state index in [1.165, 1.54) is 12.1 Å². The summed E-state index contributed by atoms with van der Waals surface area (Å²) >= 11 is 0. The second-order valence-electron chi connectivity index (χ2n) is 5.26. The van der Waals surface area contributed by atoms with Gasteiger partial charge in [-0.25, -0.2) is 4.39 Å². The lowest BCUT2D eigenvalue weighted by atomic mass is 9.95. The van der Waals surface area contributed by atoms with Crippen molar-refractivity contribution in [2.75, 3.05) is 25.0 Å². The molecule has 0 unspecified atom stereocenters. The van der Waals surface area contributed by atoms with Crippen molar-refractivity contribution < 1.29 is 14.0 Å². The van der Waals surface area contributed by atoms with Crippen LogP contribution in [-0.2, 0) is 4.79 Å². The van der Waals surface area contributed by atoms with Crippen molar-refractivity contribution in [3.05, 3.63) is 29.6 Å². The Labute approximate surface area is 111 Å². The van der Waals surface area contributed by atoms with Crippen molar-refractivity contribution in [1.82, 2.24) is 4.90 Å². The number of hydrogen-bond acceptors (Lipinski definition) is 3. The van der Waals surface area contributed by atoms with Crippen molar-refractivity contribution in [3.63, 3.8) is 0 Å². The summed E-state index contributed by atoms with van der Waals surface area (Å²) in [5.74, 6) is -0.468. The molecule has 5 heteroatoms. The van der Waals surface area contributed by atoms with Gasteiger partial charge in [-0.2, -0.15) is 0 Å². The standard InChI is InChI=1S/C14H17FN2O2/c1-14(2)13(19)16(3)6-7-17(14)12-5-4-11(15)8-10(12)9-18/h4-5,8-9H,6-7H2,1-3H3. The maximum atomic E-state index is 13.2. The monoisotopic (exact) mass is 264 g/mol. The van der Waals surface area contributed by atoms with Gasteiger partial charge in [-0.1, -0.05) is 0 Å². The fourth-order valence-electron chi connectivity index (χ4n) is 2.50. The Morgan fingerprint density at radius 1 is 1.32 bits per heavy atom. The quantitative estimate of drug-likeness (QED) is 0.763. The Balaban J connectivity index is 2.47. The first-order valence-electron chi connectivity index (χ1n) is 6.16. The Kier molecular flexibility index (Phi) is 3.30. The molecule has 0 atom stereocenters. The zero-order valence-corrected chi connectivity index (χ0v) is 11.3. The van der Waals surface area contributed by atoms with E-state index in [-0.39, 0.29) is 11.5 Å². The van der Waals surface area contributed by atoms with Gasteiger partial charge in [0.05, 0.1) is 0 Å². The molecule has 0 saturated carbocycles. The summed E-state index contributed by atoms with van der Waals surface area (Å²) in [6, 6.07) is 4.06. The number of hydrogen-bond donors (Lipinski definition) is 0. The maximum Gasteiger partial charge on any atom is 0.247 e. The molecule has 0 radical (unpaired) electrons. The van der Waals surface area contributed by atoms with Crippen molar-refractivity contribution in [1.29, 1.82) is 0 Å². The molecule has 2 rings (SSSR count). The number of halogens is 1. The van der Waals surface area contributed by atoms with Crippen LogP contribution in [-0.4, -0.2) is 42.8 Å². The van der Waals surface area contributed by atoms with Crippen LogP contribution in [0.1, 0.15) is 24.2 Å². The zero-order chi connectivity index (χ0) is 14.2. The van der Waals surface area contributed by atoms with E-state index in [9.17, 15) is 14.0 Å². The Bertz CT molecular complexity index is 528. The highest BCUT2D eigenvalue weighted by atomic mass is 19.1. The van der Waals surface area contributed by atoms with Crippen LogP contribution < -0.4 is 4.90 Å². The summed E-state index contributed by atoms with van der Waals surface area (Å²) in [4.78, 5) is 26.8. The number of carbonyl (C=O) groups excluding carboxylic acids is 2. The lowest BCUT2D eigenvalue weighted by molar-refractivity contribution is -0.136. The number of likely N-dealkylation sites (N-methyl/N-ethyl adjacent to an activating group) is 1. The van der Waals surface area contributed by atoms with Crippen LogP contribution in [0.5, 0.6) is 0 Å². The topological polar surface area (TPSA) is 40.6 Å². The minimum absolute atomic E-state index is 0.0140. The van der Waals surface area contributed by atoms with Gasteiger partial charge in [-0.3, -0.25) is 9.59 Å². The van der Waals surface area contributed by atoms with E-state index in [0.717, 1.165) is 0 Å². The predicted octanol–water partition coefficient (Wildman–Crippen LogP) is 1.70. The van der Waals surface area contributed by atoms with E-state index in [1.54, 1.807) is 18.0 Å². The van der Waals surface area contributed by atoms with Gasteiger partial charge < -0.3 is 9.80 Å². The number of nitrogens with zero attached hydrogens (tertiary/aromatic N) is 2. The predicted molar refractivity (Wildman–Crippen MR) is 70.8 cm³/mol. The number of piperazine rings is 1. The Morgan fingerprint density at radius 3 is 2.63 bits per heavy atom. The maximum absolute atomic E-state index is 13.2. The van der Waals surface area contributed by atoms with Gasteiger partial charge in [0.15, 0.2) is 6.29 Å². The van der Waals surface area contributed by atoms with Gasteiger partial charge in [-0.15, -0.1) is 0 Å². The molecule has 0 bridgehead atoms. The second-order valence-corrected chi connectivity index (χ2v) is 5.26. The molecule has 1 saturated heterocycles. The zero-order valence-electron chi connectivity index (χ0n) is 11.3. The number of amides is 1. The van der Waals surface area contributed by atoms with Gasteiger partial charge in [0.1, 0.15) is 11.4 Å². The number of benzene rings is 1. The van der Waals surface area contributed by atoms with E-state index in [2.05, 4.69) is 0 Å². The third-order valence-electron chi connectivity index (χ3n) is 3.61. The highest BCUT2D eigenvalue weighted by Gasteiger charge is 2.41. The molecule has 1 aliphatic rings. The van der Waals surface area contributed by atoms with Gasteiger partial charge in [0, 0.05) is 31.4 Å². The van der Waals surface area contributed by atoms with Gasteiger partial charge in [-0.05, 0) is 32.0 Å². The third kappa shape index (κ3) is 2.20. The largest absolute Gasteiger partial charge is 0.355 e. The number of aldehydes is 1. The van der Waals surface area contributed by atoms with Gasteiger partial charge >= 0.3 is 0 Å². The summed E-state index contributed by atoms with van der Waals surface area (Å²) in [6.45, 7) is 4.81. The van der Waals surface area contributed by atoms with E-state index < -0.39 is 11.4 Å². The molecule has 4 nitrogen and oxygen atoms in total. The summed E-state index contributed by atoms with van der Waals surface area (Å²) in [6.07, 6.45) is 0.622. The van der Waals surface area contributed by atoms with E-state index in [0.29, 0.717) is 25.1 Å². The summed E-state index contributed by atoms with van der Waals surface area (Å²) in [5.41, 5.74) is 0.121. The first kappa shape index (κ1) is 13.5. The number of rotatable bonds is 2. The fourth-order valence-corrected chi connectivity index (χ4v) is 2.50. The normalized spacial score (nSPS) is 18.6. The van der Waals surface area contributed by atoms with Crippen molar-refractivity contribution in [2.24, 2.45) is 0 Å². The molecule has 0 N–H and O–H groups in total. The van der Waals surface area contributed by atoms with Crippen molar-refractivity contribution >= 4 is 17.9 Å². The van der Waals surface area contributed by atoms with Gasteiger partial charge in [0.25, 0.3) is 0 Å². The molecule has 1 fully saturated rings. The number of carbonyl (C=O) groups is 2. The van der Waals surface area contributed by atoms with Crippen LogP contribution in [0.15, 0.2) is 18.2 Å². The molecular formula is C14H17FN2O2. The lowest BCUT2D eigenvalue weighted by Crippen LogP contribution is -2.62. The fraction of sp³-hybridized carbons (Fsp3) is 0.429. The Hall–Kier alpha value is -1.91. The van der Waals surface area contributed by atoms with Crippen molar-refractivity contribution in [3.8, 4) is 0 Å². The van der Waals surface area contributed by atoms with Crippen LogP contribution >= 0.6 is 0 Å². The van der Waals surface area contributed by atoms with Gasteiger partial charge in [0.2, 0.25) is 5.91 Å². The first-order chi connectivity index (χ1) is 8.87.